The first-order valence-corrected chi connectivity index (χ1v) is 9.64. The SMILES string of the molecule is O=S(=O)(c1ccc2scnc2c1)N1CCSCC1CO. The maximum atomic E-state index is 12.7. The number of hydrogen-bond donors (Lipinski definition) is 1. The van der Waals surface area contributed by atoms with Crippen LogP contribution in [0.4, 0.5) is 0 Å². The summed E-state index contributed by atoms with van der Waals surface area (Å²) < 4.78 is 27.8. The van der Waals surface area contributed by atoms with Crippen LogP contribution in [0, 0.1) is 0 Å². The Kier molecular flexibility index (Phi) is 4.00. The molecule has 2 aromatic rings. The average molecular weight is 330 g/mol. The van der Waals surface area contributed by atoms with Gasteiger partial charge in [-0.2, -0.15) is 16.1 Å². The first-order chi connectivity index (χ1) is 9.63. The zero-order valence-electron chi connectivity index (χ0n) is 10.6. The summed E-state index contributed by atoms with van der Waals surface area (Å²) in [5, 5.41) is 9.38. The van der Waals surface area contributed by atoms with E-state index in [4.69, 9.17) is 0 Å². The quantitative estimate of drug-likeness (QED) is 0.921. The van der Waals surface area contributed by atoms with Gasteiger partial charge >= 0.3 is 0 Å². The van der Waals surface area contributed by atoms with E-state index in [0.717, 1.165) is 10.5 Å². The Hall–Kier alpha value is -0.670. The number of sulfonamides is 1. The van der Waals surface area contributed by atoms with E-state index < -0.39 is 10.0 Å². The van der Waals surface area contributed by atoms with Crippen LogP contribution in [0.25, 0.3) is 10.2 Å². The van der Waals surface area contributed by atoms with Gasteiger partial charge in [0, 0.05) is 18.1 Å². The third-order valence-electron chi connectivity index (χ3n) is 3.29. The minimum atomic E-state index is -3.57. The number of hydrogen-bond acceptors (Lipinski definition) is 6. The van der Waals surface area contributed by atoms with Crippen molar-refractivity contribution in [1.82, 2.24) is 9.29 Å². The maximum absolute atomic E-state index is 12.7. The average Bonchev–Trinajstić information content (AvgIpc) is 2.94. The van der Waals surface area contributed by atoms with Crippen LogP contribution in [-0.2, 0) is 10.0 Å². The van der Waals surface area contributed by atoms with E-state index in [0.29, 0.717) is 17.8 Å². The van der Waals surface area contributed by atoms with Crippen LogP contribution in [0.5, 0.6) is 0 Å². The number of thioether (sulfide) groups is 1. The molecule has 1 fully saturated rings. The molecule has 8 heteroatoms. The molecule has 20 heavy (non-hydrogen) atoms. The normalized spacial score (nSPS) is 21.4. The Morgan fingerprint density at radius 2 is 2.30 bits per heavy atom. The summed E-state index contributed by atoms with van der Waals surface area (Å²) in [7, 11) is -3.57. The minimum Gasteiger partial charge on any atom is -0.395 e. The standard InChI is InChI=1S/C12H14N2O3S3/c15-6-9-7-18-4-3-14(9)20(16,17)10-1-2-12-11(5-10)13-8-19-12/h1-2,5,8-9,15H,3-4,6-7H2. The fraction of sp³-hybridized carbons (Fsp3) is 0.417. The van der Waals surface area contributed by atoms with E-state index in [1.165, 1.54) is 15.6 Å². The maximum Gasteiger partial charge on any atom is 0.243 e. The highest BCUT2D eigenvalue weighted by molar-refractivity contribution is 7.99. The summed E-state index contributed by atoms with van der Waals surface area (Å²) in [4.78, 5) is 4.41. The van der Waals surface area contributed by atoms with Crippen LogP contribution >= 0.6 is 23.1 Å². The summed E-state index contributed by atoms with van der Waals surface area (Å²) in [6.45, 7) is 0.290. The molecule has 1 unspecified atom stereocenters. The van der Waals surface area contributed by atoms with E-state index in [1.54, 1.807) is 35.5 Å². The van der Waals surface area contributed by atoms with Crippen LogP contribution in [0.3, 0.4) is 0 Å². The molecule has 0 radical (unpaired) electrons. The number of benzene rings is 1. The van der Waals surface area contributed by atoms with Crippen LogP contribution < -0.4 is 0 Å². The molecule has 1 aromatic carbocycles. The largest absolute Gasteiger partial charge is 0.395 e. The van der Waals surface area contributed by atoms with E-state index in [9.17, 15) is 13.5 Å². The third kappa shape index (κ3) is 2.46. The number of aliphatic hydroxyl groups is 1. The number of fused-ring (bicyclic) bond motifs is 1. The van der Waals surface area contributed by atoms with E-state index in [-0.39, 0.29) is 17.5 Å². The predicted octanol–water partition coefficient (Wildman–Crippen LogP) is 1.39. The smallest absolute Gasteiger partial charge is 0.243 e. The topological polar surface area (TPSA) is 70.5 Å². The van der Waals surface area contributed by atoms with Gasteiger partial charge in [0.25, 0.3) is 0 Å². The van der Waals surface area contributed by atoms with Crippen molar-refractivity contribution < 1.29 is 13.5 Å². The molecule has 0 amide bonds. The summed E-state index contributed by atoms with van der Waals surface area (Å²) >= 11 is 3.15. The van der Waals surface area contributed by atoms with Crippen molar-refractivity contribution in [3.8, 4) is 0 Å². The molecule has 0 spiro atoms. The van der Waals surface area contributed by atoms with Crippen molar-refractivity contribution in [2.75, 3.05) is 24.7 Å². The van der Waals surface area contributed by atoms with E-state index >= 15 is 0 Å². The Bertz CT molecular complexity index is 714. The highest BCUT2D eigenvalue weighted by Crippen LogP contribution is 2.27. The van der Waals surface area contributed by atoms with Gasteiger partial charge in [0.15, 0.2) is 0 Å². The first kappa shape index (κ1) is 14.3. The lowest BCUT2D eigenvalue weighted by atomic mass is 10.3. The second-order valence-electron chi connectivity index (χ2n) is 4.51. The highest BCUT2D eigenvalue weighted by atomic mass is 32.2. The molecule has 0 saturated carbocycles. The molecule has 1 aliphatic heterocycles. The van der Waals surface area contributed by atoms with Gasteiger partial charge in [0.1, 0.15) is 0 Å². The number of aromatic nitrogens is 1. The Morgan fingerprint density at radius 1 is 1.45 bits per heavy atom. The molecule has 1 N–H and O–H groups in total. The van der Waals surface area contributed by atoms with E-state index in [1.807, 2.05) is 0 Å². The lowest BCUT2D eigenvalue weighted by molar-refractivity contribution is 0.202. The minimum absolute atomic E-state index is 0.148. The monoisotopic (exact) mass is 330 g/mol. The summed E-state index contributed by atoms with van der Waals surface area (Å²) in [6, 6.07) is 4.67. The molecule has 0 bridgehead atoms. The van der Waals surface area contributed by atoms with Crippen LogP contribution in [0.1, 0.15) is 0 Å². The molecule has 1 aliphatic rings. The van der Waals surface area contributed by atoms with Gasteiger partial charge in [-0.3, -0.25) is 0 Å². The molecule has 1 atom stereocenters. The highest BCUT2D eigenvalue weighted by Gasteiger charge is 2.33. The van der Waals surface area contributed by atoms with Gasteiger partial charge in [-0.05, 0) is 18.2 Å². The molecule has 1 saturated heterocycles. The molecular formula is C12H14N2O3S3. The fourth-order valence-corrected chi connectivity index (χ4v) is 5.79. The molecule has 3 rings (SSSR count). The molecular weight excluding hydrogens is 316 g/mol. The van der Waals surface area contributed by atoms with Crippen molar-refractivity contribution >= 4 is 43.3 Å². The van der Waals surface area contributed by atoms with Crippen molar-refractivity contribution in [2.45, 2.75) is 10.9 Å². The Balaban J connectivity index is 2.01. The van der Waals surface area contributed by atoms with Gasteiger partial charge in [-0.25, -0.2) is 13.4 Å². The lowest BCUT2D eigenvalue weighted by Crippen LogP contribution is -2.47. The number of rotatable bonds is 3. The number of nitrogens with zero attached hydrogens (tertiary/aromatic N) is 2. The predicted molar refractivity (Wildman–Crippen MR) is 81.7 cm³/mol. The first-order valence-electron chi connectivity index (χ1n) is 6.16. The number of thiazole rings is 1. The fourth-order valence-electron chi connectivity index (χ4n) is 2.23. The second kappa shape index (κ2) is 5.61. The van der Waals surface area contributed by atoms with Crippen molar-refractivity contribution in [2.24, 2.45) is 0 Å². The Morgan fingerprint density at radius 3 is 3.10 bits per heavy atom. The number of aliphatic hydroxyl groups excluding tert-OH is 1. The van der Waals surface area contributed by atoms with E-state index in [2.05, 4.69) is 4.98 Å². The van der Waals surface area contributed by atoms with Crippen molar-refractivity contribution in [3.05, 3.63) is 23.7 Å². The molecule has 1 aromatic heterocycles. The molecule has 0 aliphatic carbocycles. The Labute approximate surface area is 125 Å². The van der Waals surface area contributed by atoms with Gasteiger partial charge < -0.3 is 5.11 Å². The third-order valence-corrected chi connectivity index (χ3v) is 7.14. The van der Waals surface area contributed by atoms with Crippen LogP contribution in [0.15, 0.2) is 28.6 Å². The lowest BCUT2D eigenvalue weighted by Gasteiger charge is -2.33. The summed E-state index contributed by atoms with van der Waals surface area (Å²) in [5.74, 6) is 1.39. The second-order valence-corrected chi connectivity index (χ2v) is 8.44. The summed E-state index contributed by atoms with van der Waals surface area (Å²) in [5.41, 5.74) is 2.40. The van der Waals surface area contributed by atoms with Gasteiger partial charge in [0.05, 0.1) is 33.3 Å². The zero-order valence-corrected chi connectivity index (χ0v) is 13.0. The van der Waals surface area contributed by atoms with Crippen molar-refractivity contribution in [1.29, 1.82) is 0 Å². The van der Waals surface area contributed by atoms with Crippen LogP contribution in [-0.4, -0.2) is 53.5 Å². The van der Waals surface area contributed by atoms with Gasteiger partial charge in [0.2, 0.25) is 10.0 Å². The van der Waals surface area contributed by atoms with Crippen molar-refractivity contribution in [3.63, 3.8) is 0 Å². The van der Waals surface area contributed by atoms with Gasteiger partial charge in [-0.15, -0.1) is 11.3 Å². The van der Waals surface area contributed by atoms with Crippen LogP contribution in [0.2, 0.25) is 0 Å². The summed E-state index contributed by atoms with van der Waals surface area (Å²) in [6.07, 6.45) is 0. The van der Waals surface area contributed by atoms with Gasteiger partial charge in [-0.1, -0.05) is 0 Å². The molecule has 2 heterocycles. The molecule has 5 nitrogen and oxygen atoms in total. The zero-order chi connectivity index (χ0) is 14.2. The molecule has 108 valence electrons.